The molecule has 0 radical (unpaired) electrons. The number of ketones is 1. The molecule has 1 atom stereocenters. The predicted molar refractivity (Wildman–Crippen MR) is 34.6 cm³/mol. The molecule has 0 saturated carbocycles. The molecule has 0 aliphatic carbocycles. The van der Waals surface area contributed by atoms with Gasteiger partial charge in [0.2, 0.25) is 5.78 Å². The van der Waals surface area contributed by atoms with Gasteiger partial charge < -0.3 is 4.74 Å². The molecule has 0 aromatic rings. The summed E-state index contributed by atoms with van der Waals surface area (Å²) in [7, 11) is 0. The van der Waals surface area contributed by atoms with E-state index in [0.29, 0.717) is 13.0 Å². The lowest BCUT2D eigenvalue weighted by Gasteiger charge is -2.18. The third kappa shape index (κ3) is 1.56. The molecule has 1 heterocycles. The van der Waals surface area contributed by atoms with Crippen molar-refractivity contribution in [3.8, 4) is 0 Å². The lowest BCUT2D eigenvalue weighted by molar-refractivity contribution is -0.159. The first kappa shape index (κ1) is 8.59. The van der Waals surface area contributed by atoms with Gasteiger partial charge in [-0.05, 0) is 12.8 Å². The van der Waals surface area contributed by atoms with Crippen LogP contribution in [0, 0.1) is 0 Å². The average Bonchev–Trinajstić information content (AvgIpc) is 2.37. The van der Waals surface area contributed by atoms with Gasteiger partial charge in [0.25, 0.3) is 0 Å². The molecule has 0 bridgehead atoms. The van der Waals surface area contributed by atoms with Crippen LogP contribution in [0.4, 0.5) is 8.78 Å². The Labute approximate surface area is 63.5 Å². The van der Waals surface area contributed by atoms with Gasteiger partial charge in [-0.25, -0.2) is 0 Å². The van der Waals surface area contributed by atoms with Crippen molar-refractivity contribution >= 4 is 5.78 Å². The normalized spacial score (nSPS) is 25.5. The van der Waals surface area contributed by atoms with E-state index in [9.17, 15) is 13.6 Å². The van der Waals surface area contributed by atoms with Gasteiger partial charge in [0, 0.05) is 13.5 Å². The minimum atomic E-state index is -3.28. The fraction of sp³-hybridized carbons (Fsp3) is 0.857. The first-order chi connectivity index (χ1) is 5.05. The third-order valence-electron chi connectivity index (χ3n) is 1.80. The summed E-state index contributed by atoms with van der Waals surface area (Å²) in [6, 6.07) is 0. The Morgan fingerprint density at radius 1 is 1.64 bits per heavy atom. The topological polar surface area (TPSA) is 26.3 Å². The Kier molecular flexibility index (Phi) is 2.23. The maximum absolute atomic E-state index is 12.8. The predicted octanol–water partition coefficient (Wildman–Crippen LogP) is 1.39. The largest absolute Gasteiger partial charge is 0.371 e. The fourth-order valence-electron chi connectivity index (χ4n) is 1.09. The van der Waals surface area contributed by atoms with E-state index in [1.807, 2.05) is 0 Å². The van der Waals surface area contributed by atoms with Gasteiger partial charge >= 0.3 is 5.92 Å². The summed E-state index contributed by atoms with van der Waals surface area (Å²) < 4.78 is 30.3. The number of hydrogen-bond donors (Lipinski definition) is 0. The lowest BCUT2D eigenvalue weighted by atomic mass is 10.1. The number of carbonyl (C=O) groups is 1. The molecule has 0 N–H and O–H groups in total. The molecule has 1 unspecified atom stereocenters. The zero-order chi connectivity index (χ0) is 8.48. The van der Waals surface area contributed by atoms with Crippen LogP contribution in [0.1, 0.15) is 19.8 Å². The highest BCUT2D eigenvalue weighted by Crippen LogP contribution is 2.29. The molecule has 0 aromatic carbocycles. The van der Waals surface area contributed by atoms with Crippen molar-refractivity contribution in [1.82, 2.24) is 0 Å². The molecule has 4 heteroatoms. The Morgan fingerprint density at radius 2 is 2.27 bits per heavy atom. The fourth-order valence-corrected chi connectivity index (χ4v) is 1.09. The van der Waals surface area contributed by atoms with E-state index in [1.54, 1.807) is 0 Å². The van der Waals surface area contributed by atoms with E-state index >= 15 is 0 Å². The van der Waals surface area contributed by atoms with Crippen LogP contribution in [-0.2, 0) is 9.53 Å². The van der Waals surface area contributed by atoms with Crippen LogP contribution in [0.2, 0.25) is 0 Å². The first-order valence-corrected chi connectivity index (χ1v) is 3.55. The van der Waals surface area contributed by atoms with Crippen LogP contribution in [0.25, 0.3) is 0 Å². The van der Waals surface area contributed by atoms with Crippen molar-refractivity contribution in [3.05, 3.63) is 0 Å². The van der Waals surface area contributed by atoms with Crippen molar-refractivity contribution in [3.63, 3.8) is 0 Å². The molecular formula is C7H10F2O2. The molecule has 1 fully saturated rings. The van der Waals surface area contributed by atoms with E-state index in [1.165, 1.54) is 0 Å². The van der Waals surface area contributed by atoms with Crippen LogP contribution >= 0.6 is 0 Å². The molecule has 1 saturated heterocycles. The second-order valence-corrected chi connectivity index (χ2v) is 2.68. The van der Waals surface area contributed by atoms with E-state index in [4.69, 9.17) is 4.74 Å². The van der Waals surface area contributed by atoms with Crippen LogP contribution in [0.15, 0.2) is 0 Å². The second-order valence-electron chi connectivity index (χ2n) is 2.68. The van der Waals surface area contributed by atoms with Crippen molar-refractivity contribution in [1.29, 1.82) is 0 Å². The summed E-state index contributed by atoms with van der Waals surface area (Å²) in [5, 5.41) is 0. The van der Waals surface area contributed by atoms with Crippen LogP contribution in [-0.4, -0.2) is 24.4 Å². The SMILES string of the molecule is CC(=O)C(F)(F)C1CCCO1. The highest BCUT2D eigenvalue weighted by Gasteiger charge is 2.46. The van der Waals surface area contributed by atoms with Crippen molar-refractivity contribution in [2.24, 2.45) is 0 Å². The van der Waals surface area contributed by atoms with Gasteiger partial charge in [-0.15, -0.1) is 0 Å². The monoisotopic (exact) mass is 164 g/mol. The number of ether oxygens (including phenoxy) is 1. The highest BCUT2D eigenvalue weighted by molar-refractivity contribution is 5.83. The average molecular weight is 164 g/mol. The van der Waals surface area contributed by atoms with Crippen molar-refractivity contribution in [2.75, 3.05) is 6.61 Å². The minimum absolute atomic E-state index is 0.284. The smallest absolute Gasteiger partial charge is 0.330 e. The Hall–Kier alpha value is -0.510. The molecule has 0 spiro atoms. The van der Waals surface area contributed by atoms with E-state index in [0.717, 1.165) is 6.92 Å². The quantitative estimate of drug-likeness (QED) is 0.616. The highest BCUT2D eigenvalue weighted by atomic mass is 19.3. The molecule has 2 nitrogen and oxygen atoms in total. The van der Waals surface area contributed by atoms with Gasteiger partial charge in [0.15, 0.2) is 0 Å². The standard InChI is InChI=1S/C7H10F2O2/c1-5(10)7(8,9)6-3-2-4-11-6/h6H,2-4H2,1H3. The van der Waals surface area contributed by atoms with Crippen LogP contribution in [0.5, 0.6) is 0 Å². The summed E-state index contributed by atoms with van der Waals surface area (Å²) in [4.78, 5) is 10.4. The first-order valence-electron chi connectivity index (χ1n) is 3.55. The van der Waals surface area contributed by atoms with Crippen LogP contribution in [0.3, 0.4) is 0 Å². The van der Waals surface area contributed by atoms with Gasteiger partial charge in [0.1, 0.15) is 6.10 Å². The molecule has 1 aliphatic heterocycles. The van der Waals surface area contributed by atoms with Crippen molar-refractivity contribution in [2.45, 2.75) is 31.8 Å². The van der Waals surface area contributed by atoms with Gasteiger partial charge in [-0.2, -0.15) is 8.78 Å². The summed E-state index contributed by atoms with van der Waals surface area (Å²) in [5.74, 6) is -4.39. The maximum atomic E-state index is 12.8. The molecule has 0 amide bonds. The number of hydrogen-bond acceptors (Lipinski definition) is 2. The van der Waals surface area contributed by atoms with Crippen LogP contribution < -0.4 is 0 Å². The minimum Gasteiger partial charge on any atom is -0.371 e. The third-order valence-corrected chi connectivity index (χ3v) is 1.80. The summed E-state index contributed by atoms with van der Waals surface area (Å²) in [6.45, 7) is 1.23. The number of rotatable bonds is 2. The van der Waals surface area contributed by atoms with E-state index in [-0.39, 0.29) is 6.42 Å². The number of alkyl halides is 2. The molecular weight excluding hydrogens is 154 g/mol. The van der Waals surface area contributed by atoms with Gasteiger partial charge in [-0.1, -0.05) is 0 Å². The Bertz CT molecular complexity index is 162. The summed E-state index contributed by atoms with van der Waals surface area (Å²) in [6.07, 6.45) is -0.278. The van der Waals surface area contributed by atoms with E-state index in [2.05, 4.69) is 0 Å². The molecule has 0 aromatic heterocycles. The zero-order valence-corrected chi connectivity index (χ0v) is 6.27. The maximum Gasteiger partial charge on any atom is 0.330 e. The van der Waals surface area contributed by atoms with Gasteiger partial charge in [-0.3, -0.25) is 4.79 Å². The zero-order valence-electron chi connectivity index (χ0n) is 6.27. The van der Waals surface area contributed by atoms with E-state index < -0.39 is 17.8 Å². The molecule has 1 rings (SSSR count). The lowest BCUT2D eigenvalue weighted by Crippen LogP contribution is -2.39. The molecule has 1 aliphatic rings. The number of carbonyl (C=O) groups excluding carboxylic acids is 1. The number of Topliss-reactive ketones (excluding diaryl/α,β-unsaturated/α-hetero) is 1. The van der Waals surface area contributed by atoms with Crippen molar-refractivity contribution < 1.29 is 18.3 Å². The summed E-state index contributed by atoms with van der Waals surface area (Å²) in [5.41, 5.74) is 0. The number of halogens is 2. The Balaban J connectivity index is 2.62. The van der Waals surface area contributed by atoms with Gasteiger partial charge in [0.05, 0.1) is 0 Å². The summed E-state index contributed by atoms with van der Waals surface area (Å²) >= 11 is 0. The second kappa shape index (κ2) is 2.85. The molecule has 64 valence electrons. The Morgan fingerprint density at radius 3 is 2.64 bits per heavy atom. The molecule has 11 heavy (non-hydrogen) atoms.